The Bertz CT molecular complexity index is 678. The number of aryl methyl sites for hydroxylation is 1. The molecule has 0 spiro atoms. The van der Waals surface area contributed by atoms with E-state index in [0.29, 0.717) is 31.7 Å². The van der Waals surface area contributed by atoms with Crippen molar-refractivity contribution in [2.24, 2.45) is 0 Å². The van der Waals surface area contributed by atoms with Gasteiger partial charge in [-0.15, -0.1) is 0 Å². The number of H-pyrrole nitrogens is 1. The summed E-state index contributed by atoms with van der Waals surface area (Å²) < 4.78 is 10.1. The van der Waals surface area contributed by atoms with Gasteiger partial charge in [0.1, 0.15) is 0 Å². The lowest BCUT2D eigenvalue weighted by Gasteiger charge is -2.37. The number of hydrogen-bond donors (Lipinski definition) is 2. The first-order valence-electron chi connectivity index (χ1n) is 8.45. The summed E-state index contributed by atoms with van der Waals surface area (Å²) in [7, 11) is 1.16. The summed E-state index contributed by atoms with van der Waals surface area (Å²) in [4.78, 5) is 44.1. The second kappa shape index (κ2) is 9.00. The van der Waals surface area contributed by atoms with Crippen LogP contribution in [0.2, 0.25) is 5.15 Å². The number of amides is 2. The van der Waals surface area contributed by atoms with Crippen LogP contribution in [0.25, 0.3) is 0 Å². The van der Waals surface area contributed by atoms with Crippen molar-refractivity contribution >= 4 is 29.4 Å². The first-order valence-corrected chi connectivity index (χ1v) is 8.83. The number of rotatable bonds is 5. The van der Waals surface area contributed by atoms with Gasteiger partial charge in [0.2, 0.25) is 0 Å². The lowest BCUT2D eigenvalue weighted by atomic mass is 10.0. The molecule has 1 aromatic rings. The Balaban J connectivity index is 2.05. The van der Waals surface area contributed by atoms with Crippen LogP contribution in [0.15, 0.2) is 0 Å². The van der Waals surface area contributed by atoms with E-state index in [2.05, 4.69) is 20.0 Å². The Kier molecular flexibility index (Phi) is 6.98. The van der Waals surface area contributed by atoms with Crippen LogP contribution in [0.1, 0.15) is 36.6 Å². The molecule has 0 saturated carbocycles. The number of carbonyl (C=O) groups excluding carboxylic acids is 3. The molecule has 2 rings (SSSR count). The summed E-state index contributed by atoms with van der Waals surface area (Å²) >= 11 is 5.97. The van der Waals surface area contributed by atoms with Crippen molar-refractivity contribution in [3.05, 3.63) is 16.7 Å². The maximum absolute atomic E-state index is 12.4. The molecule has 1 aromatic heterocycles. The highest BCUT2D eigenvalue weighted by atomic mass is 35.5. The molecule has 0 aromatic carbocycles. The van der Waals surface area contributed by atoms with Crippen LogP contribution in [0.3, 0.4) is 0 Å². The van der Waals surface area contributed by atoms with Crippen molar-refractivity contribution in [3.63, 3.8) is 0 Å². The standard InChI is InChI=1S/C16H23ClN4O5/c1-4-9-12(17)20-13(18-9)14(22)19-10-6-7-21(8-11(10)26-5-2)15(23)16(24)25-3/h10-11H,4-8H2,1-3H3,(H,18,20)(H,19,22)/t10-,11+/m0/s1. The van der Waals surface area contributed by atoms with Gasteiger partial charge in [0.05, 0.1) is 24.9 Å². The van der Waals surface area contributed by atoms with Crippen molar-refractivity contribution in [2.45, 2.75) is 38.8 Å². The van der Waals surface area contributed by atoms with Crippen LogP contribution >= 0.6 is 11.6 Å². The number of imidazole rings is 1. The van der Waals surface area contributed by atoms with Gasteiger partial charge in [-0.2, -0.15) is 0 Å². The number of nitrogens with one attached hydrogen (secondary N) is 2. The molecule has 1 aliphatic heterocycles. The third-order valence-corrected chi connectivity index (χ3v) is 4.51. The SMILES string of the molecule is CCO[C@@H]1CN(C(=O)C(=O)OC)CC[C@@H]1NC(=O)c1nc(Cl)c(CC)[nH]1. The van der Waals surface area contributed by atoms with E-state index in [4.69, 9.17) is 16.3 Å². The fourth-order valence-electron chi connectivity index (χ4n) is 2.83. The first-order chi connectivity index (χ1) is 12.4. The second-order valence-corrected chi connectivity index (χ2v) is 6.17. The highest BCUT2D eigenvalue weighted by Gasteiger charge is 2.35. The lowest BCUT2D eigenvalue weighted by Crippen LogP contribution is -2.57. The summed E-state index contributed by atoms with van der Waals surface area (Å²) in [5.41, 5.74) is 0.691. The van der Waals surface area contributed by atoms with Gasteiger partial charge in [-0.3, -0.25) is 9.59 Å². The molecule has 1 aliphatic rings. The van der Waals surface area contributed by atoms with Gasteiger partial charge in [0, 0.05) is 19.7 Å². The van der Waals surface area contributed by atoms with Crippen LogP contribution in [-0.2, 0) is 25.5 Å². The molecular formula is C16H23ClN4O5. The molecule has 0 unspecified atom stereocenters. The van der Waals surface area contributed by atoms with Crippen LogP contribution in [0.5, 0.6) is 0 Å². The number of aromatic amines is 1. The molecule has 144 valence electrons. The molecule has 2 N–H and O–H groups in total. The minimum absolute atomic E-state index is 0.134. The summed E-state index contributed by atoms with van der Waals surface area (Å²) in [5, 5.41) is 3.14. The van der Waals surface area contributed by atoms with Gasteiger partial charge >= 0.3 is 11.9 Å². The van der Waals surface area contributed by atoms with Gasteiger partial charge in [0.25, 0.3) is 5.91 Å². The first kappa shape index (κ1) is 20.2. The van der Waals surface area contributed by atoms with Gasteiger partial charge in [0.15, 0.2) is 11.0 Å². The Hall–Kier alpha value is -2.13. The number of ether oxygens (including phenoxy) is 2. The van der Waals surface area contributed by atoms with E-state index in [1.54, 1.807) is 0 Å². The smallest absolute Gasteiger partial charge is 0.396 e. The number of hydrogen-bond acceptors (Lipinski definition) is 6. The Morgan fingerprint density at radius 2 is 2.12 bits per heavy atom. The average molecular weight is 387 g/mol. The zero-order chi connectivity index (χ0) is 19.3. The zero-order valence-electron chi connectivity index (χ0n) is 15.0. The molecule has 10 heteroatoms. The van der Waals surface area contributed by atoms with E-state index in [9.17, 15) is 14.4 Å². The van der Waals surface area contributed by atoms with E-state index in [1.165, 1.54) is 4.90 Å². The van der Waals surface area contributed by atoms with Gasteiger partial charge in [-0.1, -0.05) is 18.5 Å². The number of esters is 1. The van der Waals surface area contributed by atoms with Crippen LogP contribution in [-0.4, -0.2) is 71.6 Å². The molecule has 0 radical (unpaired) electrons. The number of halogens is 1. The fourth-order valence-corrected chi connectivity index (χ4v) is 3.10. The summed E-state index contributed by atoms with van der Waals surface area (Å²) in [5.74, 6) is -1.89. The Labute approximate surface area is 156 Å². The molecule has 0 bridgehead atoms. The normalized spacial score (nSPS) is 19.9. The summed E-state index contributed by atoms with van der Waals surface area (Å²) in [6, 6.07) is -0.321. The van der Waals surface area contributed by atoms with Crippen LogP contribution in [0.4, 0.5) is 0 Å². The van der Waals surface area contributed by atoms with Gasteiger partial charge in [-0.05, 0) is 19.8 Å². The molecule has 9 nitrogen and oxygen atoms in total. The summed E-state index contributed by atoms with van der Waals surface area (Å²) in [6.07, 6.45) is 0.630. The van der Waals surface area contributed by atoms with E-state index < -0.39 is 23.9 Å². The third kappa shape index (κ3) is 4.53. The number of nitrogens with zero attached hydrogens (tertiary/aromatic N) is 2. The Morgan fingerprint density at radius 1 is 1.38 bits per heavy atom. The van der Waals surface area contributed by atoms with Crippen LogP contribution in [0, 0.1) is 0 Å². The number of carbonyl (C=O) groups is 3. The maximum Gasteiger partial charge on any atom is 0.396 e. The minimum Gasteiger partial charge on any atom is -0.462 e. The molecule has 2 heterocycles. The highest BCUT2D eigenvalue weighted by Crippen LogP contribution is 2.17. The van der Waals surface area contributed by atoms with Gasteiger partial charge in [-0.25, -0.2) is 9.78 Å². The maximum atomic E-state index is 12.4. The van der Waals surface area contributed by atoms with E-state index in [1.807, 2.05) is 13.8 Å². The molecule has 26 heavy (non-hydrogen) atoms. The number of methoxy groups -OCH3 is 1. The minimum atomic E-state index is -0.917. The third-order valence-electron chi connectivity index (χ3n) is 4.20. The number of piperidine rings is 1. The Morgan fingerprint density at radius 3 is 2.69 bits per heavy atom. The average Bonchev–Trinajstić information content (AvgIpc) is 3.03. The molecule has 2 atom stereocenters. The quantitative estimate of drug-likeness (QED) is 0.563. The van der Waals surface area contributed by atoms with Crippen molar-refractivity contribution in [2.75, 3.05) is 26.8 Å². The molecule has 0 aliphatic carbocycles. The largest absolute Gasteiger partial charge is 0.462 e. The fraction of sp³-hybridized carbons (Fsp3) is 0.625. The monoisotopic (exact) mass is 386 g/mol. The number of aromatic nitrogens is 2. The van der Waals surface area contributed by atoms with Crippen LogP contribution < -0.4 is 5.32 Å². The van der Waals surface area contributed by atoms with Gasteiger partial charge < -0.3 is 24.7 Å². The zero-order valence-corrected chi connectivity index (χ0v) is 15.8. The predicted octanol–water partition coefficient (Wildman–Crippen LogP) is 0.534. The number of likely N-dealkylation sites (tertiary alicyclic amines) is 1. The highest BCUT2D eigenvalue weighted by molar-refractivity contribution is 6.32. The molecule has 1 saturated heterocycles. The second-order valence-electron chi connectivity index (χ2n) is 5.81. The molecule has 2 amide bonds. The van der Waals surface area contributed by atoms with Crippen molar-refractivity contribution in [1.82, 2.24) is 20.2 Å². The van der Waals surface area contributed by atoms with E-state index in [0.717, 1.165) is 7.11 Å². The molecule has 1 fully saturated rings. The predicted molar refractivity (Wildman–Crippen MR) is 92.9 cm³/mol. The molecular weight excluding hydrogens is 364 g/mol. The van der Waals surface area contributed by atoms with Crippen molar-refractivity contribution in [1.29, 1.82) is 0 Å². The van der Waals surface area contributed by atoms with E-state index >= 15 is 0 Å². The summed E-state index contributed by atoms with van der Waals surface area (Å²) in [6.45, 7) is 4.62. The van der Waals surface area contributed by atoms with Crippen molar-refractivity contribution < 1.29 is 23.9 Å². The van der Waals surface area contributed by atoms with E-state index in [-0.39, 0.29) is 23.6 Å². The van der Waals surface area contributed by atoms with Crippen molar-refractivity contribution in [3.8, 4) is 0 Å². The lowest BCUT2D eigenvalue weighted by molar-refractivity contribution is -0.160. The topological polar surface area (TPSA) is 114 Å².